The Kier molecular flexibility index (Phi) is 3.70. The van der Waals surface area contributed by atoms with Gasteiger partial charge in [0.15, 0.2) is 0 Å². The van der Waals surface area contributed by atoms with Crippen molar-refractivity contribution in [2.75, 3.05) is 13.2 Å². The third-order valence-corrected chi connectivity index (χ3v) is 3.29. The Balaban J connectivity index is 1.83. The van der Waals surface area contributed by atoms with Gasteiger partial charge < -0.3 is 14.4 Å². The molecule has 1 N–H and O–H groups in total. The maximum Gasteiger partial charge on any atom is 0.119 e. The van der Waals surface area contributed by atoms with E-state index in [4.69, 9.17) is 9.84 Å². The van der Waals surface area contributed by atoms with Gasteiger partial charge in [-0.25, -0.2) is 0 Å². The molecular formula is C17H17NO2. The highest BCUT2D eigenvalue weighted by Crippen LogP contribution is 2.19. The van der Waals surface area contributed by atoms with Crippen LogP contribution in [0.2, 0.25) is 0 Å². The first-order chi connectivity index (χ1) is 9.86. The summed E-state index contributed by atoms with van der Waals surface area (Å²) in [5.74, 6) is 0.799. The Hall–Kier alpha value is -2.26. The third-order valence-electron chi connectivity index (χ3n) is 3.29. The minimum absolute atomic E-state index is 0.0342. The molecule has 0 aliphatic carbocycles. The van der Waals surface area contributed by atoms with Gasteiger partial charge in [-0.2, -0.15) is 0 Å². The molecular weight excluding hydrogens is 250 g/mol. The summed E-state index contributed by atoms with van der Waals surface area (Å²) in [7, 11) is 0. The second-order valence-corrected chi connectivity index (χ2v) is 4.72. The van der Waals surface area contributed by atoms with Crippen molar-refractivity contribution >= 4 is 10.9 Å². The van der Waals surface area contributed by atoms with Crippen molar-refractivity contribution in [2.24, 2.45) is 0 Å². The van der Waals surface area contributed by atoms with Crippen molar-refractivity contribution in [3.8, 4) is 5.75 Å². The number of rotatable bonds is 5. The Morgan fingerprint density at radius 2 is 1.90 bits per heavy atom. The predicted octanol–water partition coefficient (Wildman–Crippen LogP) is 3.06. The standard InChI is InChI=1S/C17H17NO2/c19-10-11-20-16-6-3-4-14(12-16)13-18-9-8-15-5-1-2-7-17(15)18/h1-9,12,19H,10-11,13H2. The van der Waals surface area contributed by atoms with E-state index in [1.165, 1.54) is 16.5 Å². The van der Waals surface area contributed by atoms with E-state index in [2.05, 4.69) is 47.2 Å². The highest BCUT2D eigenvalue weighted by Gasteiger charge is 2.02. The van der Waals surface area contributed by atoms with Gasteiger partial charge in [0.2, 0.25) is 0 Å². The summed E-state index contributed by atoms with van der Waals surface area (Å²) < 4.78 is 7.67. The van der Waals surface area contributed by atoms with E-state index >= 15 is 0 Å². The Bertz CT molecular complexity index is 703. The van der Waals surface area contributed by atoms with Gasteiger partial charge in [-0.1, -0.05) is 30.3 Å². The van der Waals surface area contributed by atoms with E-state index in [1.807, 2.05) is 18.2 Å². The smallest absolute Gasteiger partial charge is 0.119 e. The summed E-state index contributed by atoms with van der Waals surface area (Å²) in [6.07, 6.45) is 2.10. The first-order valence-electron chi connectivity index (χ1n) is 6.73. The van der Waals surface area contributed by atoms with Crippen LogP contribution in [-0.4, -0.2) is 22.9 Å². The number of hydrogen-bond donors (Lipinski definition) is 1. The van der Waals surface area contributed by atoms with E-state index in [-0.39, 0.29) is 6.61 Å². The molecule has 0 aliphatic rings. The van der Waals surface area contributed by atoms with Gasteiger partial charge in [0.25, 0.3) is 0 Å². The van der Waals surface area contributed by atoms with Gasteiger partial charge in [-0.3, -0.25) is 0 Å². The first-order valence-corrected chi connectivity index (χ1v) is 6.73. The number of fused-ring (bicyclic) bond motifs is 1. The summed E-state index contributed by atoms with van der Waals surface area (Å²) in [6, 6.07) is 18.5. The number of aromatic nitrogens is 1. The van der Waals surface area contributed by atoms with Crippen LogP contribution >= 0.6 is 0 Å². The fraction of sp³-hybridized carbons (Fsp3) is 0.176. The fourth-order valence-corrected chi connectivity index (χ4v) is 2.37. The number of benzene rings is 2. The highest BCUT2D eigenvalue weighted by atomic mass is 16.5. The molecule has 2 aromatic carbocycles. The zero-order valence-corrected chi connectivity index (χ0v) is 11.2. The molecule has 0 saturated heterocycles. The average Bonchev–Trinajstić information content (AvgIpc) is 2.89. The molecule has 1 aromatic heterocycles. The van der Waals surface area contributed by atoms with Gasteiger partial charge in [0.05, 0.1) is 6.61 Å². The zero-order chi connectivity index (χ0) is 13.8. The van der Waals surface area contributed by atoms with Crippen molar-refractivity contribution in [2.45, 2.75) is 6.54 Å². The number of para-hydroxylation sites is 1. The lowest BCUT2D eigenvalue weighted by Crippen LogP contribution is -2.03. The van der Waals surface area contributed by atoms with Gasteiger partial charge >= 0.3 is 0 Å². The zero-order valence-electron chi connectivity index (χ0n) is 11.2. The van der Waals surface area contributed by atoms with Crippen LogP contribution in [0.3, 0.4) is 0 Å². The molecule has 0 unspecified atom stereocenters. The Labute approximate surface area is 118 Å². The lowest BCUT2D eigenvalue weighted by atomic mass is 10.2. The monoisotopic (exact) mass is 267 g/mol. The average molecular weight is 267 g/mol. The largest absolute Gasteiger partial charge is 0.491 e. The van der Waals surface area contributed by atoms with Crippen LogP contribution in [0.5, 0.6) is 5.75 Å². The molecule has 3 rings (SSSR count). The van der Waals surface area contributed by atoms with Gasteiger partial charge in [-0.15, -0.1) is 0 Å². The summed E-state index contributed by atoms with van der Waals surface area (Å²) >= 11 is 0. The maximum absolute atomic E-state index is 8.79. The van der Waals surface area contributed by atoms with Crippen LogP contribution in [0.25, 0.3) is 10.9 Å². The number of hydrogen-bond acceptors (Lipinski definition) is 2. The maximum atomic E-state index is 8.79. The number of ether oxygens (including phenoxy) is 1. The van der Waals surface area contributed by atoms with Gasteiger partial charge in [0, 0.05) is 18.3 Å². The Morgan fingerprint density at radius 3 is 2.80 bits per heavy atom. The molecule has 1 heterocycles. The molecule has 0 aliphatic heterocycles. The molecule has 0 saturated carbocycles. The van der Waals surface area contributed by atoms with Crippen LogP contribution in [-0.2, 0) is 6.54 Å². The highest BCUT2D eigenvalue weighted by molar-refractivity contribution is 5.80. The van der Waals surface area contributed by atoms with Crippen molar-refractivity contribution in [1.29, 1.82) is 0 Å². The molecule has 20 heavy (non-hydrogen) atoms. The van der Waals surface area contributed by atoms with Crippen molar-refractivity contribution in [1.82, 2.24) is 4.57 Å². The molecule has 3 nitrogen and oxygen atoms in total. The lowest BCUT2D eigenvalue weighted by molar-refractivity contribution is 0.201. The molecule has 0 spiro atoms. The van der Waals surface area contributed by atoms with Gasteiger partial charge in [-0.05, 0) is 35.2 Å². The summed E-state index contributed by atoms with van der Waals surface area (Å²) in [5, 5.41) is 10.0. The molecule has 0 atom stereocenters. The number of aliphatic hydroxyl groups is 1. The van der Waals surface area contributed by atoms with Crippen LogP contribution in [0.15, 0.2) is 60.8 Å². The molecule has 3 aromatic rings. The molecule has 0 bridgehead atoms. The van der Waals surface area contributed by atoms with Crippen LogP contribution in [0.1, 0.15) is 5.56 Å². The molecule has 0 fully saturated rings. The molecule has 0 radical (unpaired) electrons. The fourth-order valence-electron chi connectivity index (χ4n) is 2.37. The van der Waals surface area contributed by atoms with Crippen molar-refractivity contribution in [3.05, 3.63) is 66.4 Å². The van der Waals surface area contributed by atoms with E-state index in [9.17, 15) is 0 Å². The normalized spacial score (nSPS) is 10.8. The van der Waals surface area contributed by atoms with Crippen LogP contribution in [0, 0.1) is 0 Å². The van der Waals surface area contributed by atoms with Crippen LogP contribution in [0.4, 0.5) is 0 Å². The van der Waals surface area contributed by atoms with E-state index < -0.39 is 0 Å². The third kappa shape index (κ3) is 2.68. The summed E-state index contributed by atoms with van der Waals surface area (Å²) in [6.45, 7) is 1.17. The second kappa shape index (κ2) is 5.80. The van der Waals surface area contributed by atoms with Gasteiger partial charge in [0.1, 0.15) is 12.4 Å². The van der Waals surface area contributed by atoms with E-state index in [0.29, 0.717) is 6.61 Å². The van der Waals surface area contributed by atoms with E-state index in [1.54, 1.807) is 0 Å². The Morgan fingerprint density at radius 1 is 1.00 bits per heavy atom. The minimum atomic E-state index is 0.0342. The quantitative estimate of drug-likeness (QED) is 0.771. The lowest BCUT2D eigenvalue weighted by Gasteiger charge is -2.09. The molecule has 0 amide bonds. The second-order valence-electron chi connectivity index (χ2n) is 4.72. The first kappa shape index (κ1) is 12.8. The molecule has 102 valence electrons. The van der Waals surface area contributed by atoms with Crippen LogP contribution < -0.4 is 4.74 Å². The minimum Gasteiger partial charge on any atom is -0.491 e. The van der Waals surface area contributed by atoms with E-state index in [0.717, 1.165) is 12.3 Å². The molecule has 3 heteroatoms. The number of aliphatic hydroxyl groups excluding tert-OH is 1. The predicted molar refractivity (Wildman–Crippen MR) is 80.1 cm³/mol. The SMILES string of the molecule is OCCOc1cccc(Cn2ccc3ccccc32)c1. The topological polar surface area (TPSA) is 34.4 Å². The summed E-state index contributed by atoms with van der Waals surface area (Å²) in [4.78, 5) is 0. The van der Waals surface area contributed by atoms with Crippen molar-refractivity contribution < 1.29 is 9.84 Å². The van der Waals surface area contributed by atoms with Crippen molar-refractivity contribution in [3.63, 3.8) is 0 Å². The number of nitrogens with zero attached hydrogens (tertiary/aromatic N) is 1. The summed E-state index contributed by atoms with van der Waals surface area (Å²) in [5.41, 5.74) is 2.41.